The molecule has 0 saturated carbocycles. The van der Waals surface area contributed by atoms with Gasteiger partial charge < -0.3 is 5.73 Å². The largest absolute Gasteiger partial charge is 0.326 e. The second kappa shape index (κ2) is 7.84. The number of carbonyl (C=O) groups is 1. The summed E-state index contributed by atoms with van der Waals surface area (Å²) in [6.07, 6.45) is 1.56. The molecular formula is C14H22N2O2. The lowest BCUT2D eigenvalue weighted by molar-refractivity contribution is -0.178. The molecule has 1 rings (SSSR count). The van der Waals surface area contributed by atoms with Gasteiger partial charge in [-0.15, -0.1) is 0 Å². The summed E-state index contributed by atoms with van der Waals surface area (Å²) in [5.41, 5.74) is 6.97. The van der Waals surface area contributed by atoms with Gasteiger partial charge in [-0.2, -0.15) is 0 Å². The molecule has 0 aromatic heterocycles. The lowest BCUT2D eigenvalue weighted by Gasteiger charge is -2.22. The van der Waals surface area contributed by atoms with Crippen molar-refractivity contribution in [2.24, 2.45) is 11.7 Å². The first-order valence-electron chi connectivity index (χ1n) is 6.26. The third kappa shape index (κ3) is 5.80. The number of amides is 1. The van der Waals surface area contributed by atoms with E-state index in [1.54, 1.807) is 0 Å². The molecule has 1 aromatic rings. The molecule has 18 heavy (non-hydrogen) atoms. The SMILES string of the molecule is CC(C)CC(N)CN(C=O)OCc1ccccc1. The van der Waals surface area contributed by atoms with Crippen LogP contribution in [0.2, 0.25) is 0 Å². The molecule has 0 bridgehead atoms. The summed E-state index contributed by atoms with van der Waals surface area (Å²) in [5.74, 6) is 0.516. The van der Waals surface area contributed by atoms with Crippen LogP contribution in [0.3, 0.4) is 0 Å². The molecule has 1 unspecified atom stereocenters. The van der Waals surface area contributed by atoms with Crippen molar-refractivity contribution < 1.29 is 9.63 Å². The van der Waals surface area contributed by atoms with E-state index in [1.165, 1.54) is 5.06 Å². The van der Waals surface area contributed by atoms with Crippen LogP contribution < -0.4 is 5.73 Å². The molecule has 2 N–H and O–H groups in total. The van der Waals surface area contributed by atoms with Gasteiger partial charge in [-0.3, -0.25) is 9.63 Å². The first kappa shape index (κ1) is 14.7. The van der Waals surface area contributed by atoms with E-state index in [1.807, 2.05) is 30.3 Å². The smallest absolute Gasteiger partial charge is 0.233 e. The minimum atomic E-state index is -0.0500. The van der Waals surface area contributed by atoms with Gasteiger partial charge in [0.1, 0.15) is 6.61 Å². The Balaban J connectivity index is 2.36. The highest BCUT2D eigenvalue weighted by molar-refractivity contribution is 5.45. The van der Waals surface area contributed by atoms with Crippen LogP contribution in [-0.4, -0.2) is 24.1 Å². The van der Waals surface area contributed by atoms with Crippen molar-refractivity contribution in [1.29, 1.82) is 0 Å². The first-order valence-corrected chi connectivity index (χ1v) is 6.26. The average Bonchev–Trinajstić information content (AvgIpc) is 2.34. The molecule has 1 aromatic carbocycles. The summed E-state index contributed by atoms with van der Waals surface area (Å²) >= 11 is 0. The maximum absolute atomic E-state index is 10.9. The van der Waals surface area contributed by atoms with Gasteiger partial charge in [-0.25, -0.2) is 5.06 Å². The molecule has 100 valence electrons. The van der Waals surface area contributed by atoms with Crippen LogP contribution in [0.4, 0.5) is 0 Å². The highest BCUT2D eigenvalue weighted by Crippen LogP contribution is 2.06. The molecule has 0 fully saturated rings. The number of benzene rings is 1. The van der Waals surface area contributed by atoms with Gasteiger partial charge in [0.15, 0.2) is 0 Å². The van der Waals surface area contributed by atoms with Crippen LogP contribution >= 0.6 is 0 Å². The summed E-state index contributed by atoms with van der Waals surface area (Å²) in [6.45, 7) is 5.02. The van der Waals surface area contributed by atoms with Crippen molar-refractivity contribution in [1.82, 2.24) is 5.06 Å². The van der Waals surface area contributed by atoms with E-state index in [0.29, 0.717) is 25.5 Å². The van der Waals surface area contributed by atoms with Crippen LogP contribution in [-0.2, 0) is 16.2 Å². The van der Waals surface area contributed by atoms with Crippen molar-refractivity contribution in [3.05, 3.63) is 35.9 Å². The summed E-state index contributed by atoms with van der Waals surface area (Å²) in [7, 11) is 0. The number of rotatable bonds is 8. The standard InChI is InChI=1S/C14H22N2O2/c1-12(2)8-14(15)9-16(11-17)18-10-13-6-4-3-5-7-13/h3-7,11-12,14H,8-10,15H2,1-2H3. The topological polar surface area (TPSA) is 55.6 Å². The van der Waals surface area contributed by atoms with E-state index in [2.05, 4.69) is 13.8 Å². The van der Waals surface area contributed by atoms with Crippen molar-refractivity contribution in [3.63, 3.8) is 0 Å². The lowest BCUT2D eigenvalue weighted by Crippen LogP contribution is -2.37. The van der Waals surface area contributed by atoms with Crippen LogP contribution in [0, 0.1) is 5.92 Å². The Bertz CT molecular complexity index is 341. The Kier molecular flexibility index (Phi) is 6.39. The molecule has 0 aliphatic carbocycles. The Morgan fingerprint density at radius 1 is 1.33 bits per heavy atom. The molecule has 1 atom stereocenters. The number of hydrogen-bond acceptors (Lipinski definition) is 3. The van der Waals surface area contributed by atoms with E-state index in [0.717, 1.165) is 12.0 Å². The van der Waals surface area contributed by atoms with Gasteiger partial charge in [0.05, 0.1) is 6.54 Å². The number of nitrogens with zero attached hydrogens (tertiary/aromatic N) is 1. The van der Waals surface area contributed by atoms with Crippen molar-refractivity contribution in [2.45, 2.75) is 32.9 Å². The van der Waals surface area contributed by atoms with Crippen LogP contribution in [0.5, 0.6) is 0 Å². The quantitative estimate of drug-likeness (QED) is 0.566. The van der Waals surface area contributed by atoms with E-state index >= 15 is 0 Å². The molecule has 0 radical (unpaired) electrons. The number of carbonyl (C=O) groups excluding carboxylic acids is 1. The molecular weight excluding hydrogens is 228 g/mol. The second-order valence-corrected chi connectivity index (χ2v) is 4.85. The predicted octanol–water partition coefficient (Wildman–Crippen LogP) is 1.95. The van der Waals surface area contributed by atoms with Gasteiger partial charge in [0.2, 0.25) is 6.41 Å². The number of nitrogens with two attached hydrogens (primary N) is 1. The zero-order valence-corrected chi connectivity index (χ0v) is 11.1. The zero-order chi connectivity index (χ0) is 13.4. The maximum Gasteiger partial charge on any atom is 0.233 e. The normalized spacial score (nSPS) is 12.4. The minimum absolute atomic E-state index is 0.0500. The predicted molar refractivity (Wildman–Crippen MR) is 71.4 cm³/mol. The van der Waals surface area contributed by atoms with Gasteiger partial charge in [-0.05, 0) is 17.9 Å². The third-order valence-corrected chi connectivity index (χ3v) is 2.55. The fourth-order valence-electron chi connectivity index (χ4n) is 1.77. The first-order chi connectivity index (χ1) is 8.61. The molecule has 1 amide bonds. The van der Waals surface area contributed by atoms with Gasteiger partial charge in [0.25, 0.3) is 0 Å². The zero-order valence-electron chi connectivity index (χ0n) is 11.1. The van der Waals surface area contributed by atoms with Crippen molar-refractivity contribution >= 4 is 6.41 Å². The number of hydroxylamine groups is 2. The molecule has 0 aliphatic rings. The fraction of sp³-hybridized carbons (Fsp3) is 0.500. The second-order valence-electron chi connectivity index (χ2n) is 4.85. The van der Waals surface area contributed by atoms with Gasteiger partial charge >= 0.3 is 0 Å². The van der Waals surface area contributed by atoms with Crippen LogP contribution in [0.25, 0.3) is 0 Å². The van der Waals surface area contributed by atoms with Gasteiger partial charge in [-0.1, -0.05) is 44.2 Å². The Labute approximate surface area is 109 Å². The van der Waals surface area contributed by atoms with Crippen molar-refractivity contribution in [2.75, 3.05) is 6.54 Å². The van der Waals surface area contributed by atoms with E-state index in [4.69, 9.17) is 10.6 Å². The van der Waals surface area contributed by atoms with E-state index < -0.39 is 0 Å². The molecule has 0 spiro atoms. The summed E-state index contributed by atoms with van der Waals surface area (Å²) in [4.78, 5) is 16.3. The Morgan fingerprint density at radius 2 is 2.00 bits per heavy atom. The Morgan fingerprint density at radius 3 is 2.56 bits per heavy atom. The highest BCUT2D eigenvalue weighted by Gasteiger charge is 2.11. The summed E-state index contributed by atoms with van der Waals surface area (Å²) in [5, 5.41) is 1.28. The van der Waals surface area contributed by atoms with E-state index in [9.17, 15) is 4.79 Å². The number of hydrogen-bond donors (Lipinski definition) is 1. The Hall–Kier alpha value is -1.39. The third-order valence-electron chi connectivity index (χ3n) is 2.55. The molecule has 0 heterocycles. The molecule has 4 heteroatoms. The summed E-state index contributed by atoms with van der Waals surface area (Å²) < 4.78 is 0. The average molecular weight is 250 g/mol. The van der Waals surface area contributed by atoms with Crippen molar-refractivity contribution in [3.8, 4) is 0 Å². The highest BCUT2D eigenvalue weighted by atomic mass is 16.7. The minimum Gasteiger partial charge on any atom is -0.326 e. The molecule has 0 aliphatic heterocycles. The van der Waals surface area contributed by atoms with Crippen LogP contribution in [0.15, 0.2) is 30.3 Å². The van der Waals surface area contributed by atoms with E-state index in [-0.39, 0.29) is 6.04 Å². The van der Waals surface area contributed by atoms with Gasteiger partial charge in [0, 0.05) is 6.04 Å². The fourth-order valence-corrected chi connectivity index (χ4v) is 1.77. The molecule has 0 saturated heterocycles. The lowest BCUT2D eigenvalue weighted by atomic mass is 10.0. The monoisotopic (exact) mass is 250 g/mol. The van der Waals surface area contributed by atoms with Crippen LogP contribution in [0.1, 0.15) is 25.8 Å². The summed E-state index contributed by atoms with van der Waals surface area (Å²) in [6, 6.07) is 9.68. The molecule has 4 nitrogen and oxygen atoms in total. The maximum atomic E-state index is 10.9.